The van der Waals surface area contributed by atoms with Crippen LogP contribution < -0.4 is 0 Å². The van der Waals surface area contributed by atoms with Gasteiger partial charge >= 0.3 is 6.18 Å². The largest absolute Gasteiger partial charge is 0.441 e. The van der Waals surface area contributed by atoms with Crippen molar-refractivity contribution in [3.8, 4) is 0 Å². The Kier molecular flexibility index (Phi) is 6.59. The second kappa shape index (κ2) is 7.74. The highest BCUT2D eigenvalue weighted by molar-refractivity contribution is 7.86. The van der Waals surface area contributed by atoms with Crippen LogP contribution in [0.3, 0.4) is 0 Å². The third-order valence-corrected chi connectivity index (χ3v) is 2.66. The van der Waals surface area contributed by atoms with Crippen LogP contribution in [0.5, 0.6) is 0 Å². The van der Waals surface area contributed by atoms with E-state index in [1.807, 2.05) is 6.07 Å². The van der Waals surface area contributed by atoms with Crippen LogP contribution in [0, 0.1) is 0 Å². The molecule has 0 aromatic heterocycles. The highest BCUT2D eigenvalue weighted by atomic mass is 32.2. The third kappa shape index (κ3) is 8.00. The fourth-order valence-electron chi connectivity index (χ4n) is 1.31. The Hall–Kier alpha value is -1.16. The average Bonchev–Trinajstić information content (AvgIpc) is 2.35. The van der Waals surface area contributed by atoms with Crippen LogP contribution in [0.15, 0.2) is 30.3 Å². The van der Waals surface area contributed by atoms with Gasteiger partial charge in [-0.25, -0.2) is 4.18 Å². The summed E-state index contributed by atoms with van der Waals surface area (Å²) in [6, 6.07) is 9.02. The topological polar surface area (TPSA) is 61.8 Å². The summed E-state index contributed by atoms with van der Waals surface area (Å²) in [4.78, 5) is 0. The zero-order valence-corrected chi connectivity index (χ0v) is 12.0. The van der Waals surface area contributed by atoms with E-state index in [2.05, 4.69) is 8.92 Å². The lowest BCUT2D eigenvalue weighted by atomic mass is 10.2. The number of hydrogen-bond donors (Lipinski definition) is 0. The standard InChI is InChI=1S/C12H15F3O5S/c1-21(16,17)20-11(12(13,14)15)19-8-7-18-9-10-5-3-2-4-6-10/h2-6,11H,7-9H2,1H3. The van der Waals surface area contributed by atoms with Crippen molar-refractivity contribution >= 4 is 10.1 Å². The molecule has 1 unspecified atom stereocenters. The Bertz CT molecular complexity index is 515. The molecule has 1 rings (SSSR count). The minimum Gasteiger partial charge on any atom is -0.374 e. The lowest BCUT2D eigenvalue weighted by Crippen LogP contribution is -2.36. The van der Waals surface area contributed by atoms with E-state index in [4.69, 9.17) is 4.74 Å². The zero-order chi connectivity index (χ0) is 15.9. The Morgan fingerprint density at radius 2 is 1.76 bits per heavy atom. The molecule has 0 heterocycles. The van der Waals surface area contributed by atoms with Gasteiger partial charge in [-0.3, -0.25) is 0 Å². The van der Waals surface area contributed by atoms with E-state index in [-0.39, 0.29) is 13.2 Å². The van der Waals surface area contributed by atoms with Gasteiger partial charge in [0.25, 0.3) is 16.4 Å². The molecule has 0 saturated heterocycles. The van der Waals surface area contributed by atoms with Crippen LogP contribution in [0.2, 0.25) is 0 Å². The lowest BCUT2D eigenvalue weighted by Gasteiger charge is -2.19. The van der Waals surface area contributed by atoms with E-state index in [1.165, 1.54) is 0 Å². The molecule has 0 aliphatic carbocycles. The number of alkyl halides is 3. The summed E-state index contributed by atoms with van der Waals surface area (Å²) in [7, 11) is -4.28. The van der Waals surface area contributed by atoms with Crippen molar-refractivity contribution in [1.82, 2.24) is 0 Å². The van der Waals surface area contributed by atoms with Gasteiger partial charge in [0.15, 0.2) is 0 Å². The van der Waals surface area contributed by atoms with E-state index in [9.17, 15) is 21.6 Å². The summed E-state index contributed by atoms with van der Waals surface area (Å²) in [5, 5.41) is 0. The quantitative estimate of drug-likeness (QED) is 0.415. The molecule has 0 saturated carbocycles. The minimum absolute atomic E-state index is 0.130. The van der Waals surface area contributed by atoms with E-state index < -0.39 is 29.2 Å². The van der Waals surface area contributed by atoms with Crippen LogP contribution in [-0.2, 0) is 30.4 Å². The van der Waals surface area contributed by atoms with Crippen LogP contribution in [0.1, 0.15) is 5.56 Å². The summed E-state index contributed by atoms with van der Waals surface area (Å²) in [6.07, 6.45) is -7.25. The Morgan fingerprint density at radius 1 is 1.14 bits per heavy atom. The van der Waals surface area contributed by atoms with Crippen LogP contribution in [-0.4, -0.2) is 40.4 Å². The van der Waals surface area contributed by atoms with E-state index in [0.29, 0.717) is 6.26 Å². The molecule has 0 radical (unpaired) electrons. The van der Waals surface area contributed by atoms with Crippen LogP contribution in [0.25, 0.3) is 0 Å². The van der Waals surface area contributed by atoms with E-state index >= 15 is 0 Å². The number of hydrogen-bond acceptors (Lipinski definition) is 5. The highest BCUT2D eigenvalue weighted by Gasteiger charge is 2.44. The van der Waals surface area contributed by atoms with Crippen LogP contribution in [0.4, 0.5) is 13.2 Å². The van der Waals surface area contributed by atoms with E-state index in [1.54, 1.807) is 24.3 Å². The van der Waals surface area contributed by atoms with Gasteiger partial charge in [-0.2, -0.15) is 21.6 Å². The van der Waals surface area contributed by atoms with E-state index in [0.717, 1.165) is 5.56 Å². The summed E-state index contributed by atoms with van der Waals surface area (Å²) < 4.78 is 72.2. The molecule has 0 amide bonds. The predicted octanol–water partition coefficient (Wildman–Crippen LogP) is 2.08. The summed E-state index contributed by atoms with van der Waals surface area (Å²) >= 11 is 0. The maximum absolute atomic E-state index is 12.5. The van der Waals surface area contributed by atoms with Crippen molar-refractivity contribution in [1.29, 1.82) is 0 Å². The van der Waals surface area contributed by atoms with Gasteiger partial charge in [0.1, 0.15) is 0 Å². The monoisotopic (exact) mass is 328 g/mol. The Balaban J connectivity index is 2.34. The fourth-order valence-corrected chi connectivity index (χ4v) is 1.80. The normalized spacial score (nSPS) is 14.1. The number of benzene rings is 1. The first kappa shape index (κ1) is 17.9. The molecule has 0 N–H and O–H groups in total. The molecule has 21 heavy (non-hydrogen) atoms. The second-order valence-corrected chi connectivity index (χ2v) is 5.68. The number of rotatable bonds is 8. The number of halogens is 3. The van der Waals surface area contributed by atoms with Crippen LogP contribution >= 0.6 is 0 Å². The molecular formula is C12H15F3O5S. The predicted molar refractivity (Wildman–Crippen MR) is 67.8 cm³/mol. The van der Waals surface area contributed by atoms with Gasteiger partial charge in [-0.05, 0) is 5.56 Å². The van der Waals surface area contributed by atoms with Crippen molar-refractivity contribution in [3.63, 3.8) is 0 Å². The highest BCUT2D eigenvalue weighted by Crippen LogP contribution is 2.25. The average molecular weight is 328 g/mol. The van der Waals surface area contributed by atoms with Crippen molar-refractivity contribution in [3.05, 3.63) is 35.9 Å². The summed E-state index contributed by atoms with van der Waals surface area (Å²) in [5.41, 5.74) is 0.859. The molecular weight excluding hydrogens is 313 g/mol. The SMILES string of the molecule is CS(=O)(=O)OC(OCCOCc1ccccc1)C(F)(F)F. The van der Waals surface area contributed by atoms with Gasteiger partial charge < -0.3 is 9.47 Å². The first-order chi connectivity index (χ1) is 9.68. The van der Waals surface area contributed by atoms with Gasteiger partial charge in [0.2, 0.25) is 0 Å². The van der Waals surface area contributed by atoms with Gasteiger partial charge in [0.05, 0.1) is 26.1 Å². The molecule has 0 fully saturated rings. The molecule has 120 valence electrons. The molecule has 5 nitrogen and oxygen atoms in total. The van der Waals surface area contributed by atoms with Crippen molar-refractivity contribution < 1.29 is 35.2 Å². The fraction of sp³-hybridized carbons (Fsp3) is 0.500. The van der Waals surface area contributed by atoms with Crippen molar-refractivity contribution in [2.24, 2.45) is 0 Å². The molecule has 1 aromatic rings. The molecule has 1 aromatic carbocycles. The maximum atomic E-state index is 12.5. The molecule has 0 bridgehead atoms. The summed E-state index contributed by atoms with van der Waals surface area (Å²) in [5.74, 6) is 0. The molecule has 0 aliphatic heterocycles. The molecule has 0 spiro atoms. The lowest BCUT2D eigenvalue weighted by molar-refractivity contribution is -0.283. The molecule has 1 atom stereocenters. The van der Waals surface area contributed by atoms with Gasteiger partial charge in [0, 0.05) is 0 Å². The van der Waals surface area contributed by atoms with Gasteiger partial charge in [-0.1, -0.05) is 30.3 Å². The minimum atomic E-state index is -4.94. The van der Waals surface area contributed by atoms with Crippen molar-refractivity contribution in [2.45, 2.75) is 19.1 Å². The molecule has 9 heteroatoms. The maximum Gasteiger partial charge on any atom is 0.441 e. The Morgan fingerprint density at radius 3 is 2.29 bits per heavy atom. The number of ether oxygens (including phenoxy) is 2. The second-order valence-electron chi connectivity index (χ2n) is 4.08. The first-order valence-corrected chi connectivity index (χ1v) is 7.68. The van der Waals surface area contributed by atoms with Crippen molar-refractivity contribution in [2.75, 3.05) is 19.5 Å². The summed E-state index contributed by atoms with van der Waals surface area (Å²) in [6.45, 7) is -0.366. The Labute approximate surface area is 120 Å². The third-order valence-electron chi connectivity index (χ3n) is 2.14. The zero-order valence-electron chi connectivity index (χ0n) is 11.2. The van der Waals surface area contributed by atoms with Gasteiger partial charge in [-0.15, -0.1) is 0 Å². The molecule has 0 aliphatic rings. The smallest absolute Gasteiger partial charge is 0.374 e. The first-order valence-electron chi connectivity index (χ1n) is 5.87.